The third kappa shape index (κ3) is 3.56. The van der Waals surface area contributed by atoms with Crippen molar-refractivity contribution in [3.05, 3.63) is 59.5 Å². The molecule has 2 aromatic rings. The molecule has 7 heteroatoms. The number of pyridine rings is 1. The topological polar surface area (TPSA) is 87.5 Å². The van der Waals surface area contributed by atoms with Gasteiger partial charge in [0.2, 0.25) is 0 Å². The lowest BCUT2D eigenvalue weighted by Gasteiger charge is -2.24. The summed E-state index contributed by atoms with van der Waals surface area (Å²) in [6.45, 7) is -0.376. The summed E-state index contributed by atoms with van der Waals surface area (Å²) >= 11 is 0. The molecule has 0 atom stereocenters. The van der Waals surface area contributed by atoms with Crippen molar-refractivity contribution in [2.24, 2.45) is 5.41 Å². The van der Waals surface area contributed by atoms with Gasteiger partial charge in [-0.2, -0.15) is 0 Å². The number of hydrogen-bond acceptors (Lipinski definition) is 5. The molecule has 0 saturated carbocycles. The van der Waals surface area contributed by atoms with Gasteiger partial charge in [0.15, 0.2) is 14.9 Å². The molecule has 0 spiro atoms. The number of benzene rings is 1. The van der Waals surface area contributed by atoms with Crippen molar-refractivity contribution < 1.29 is 23.0 Å². The first-order valence-electron chi connectivity index (χ1n) is 8.14. The van der Waals surface area contributed by atoms with Crippen molar-refractivity contribution >= 4 is 21.0 Å². The van der Waals surface area contributed by atoms with Gasteiger partial charge >= 0.3 is 0 Å². The third-order valence-electron chi connectivity index (χ3n) is 4.80. The summed E-state index contributed by atoms with van der Waals surface area (Å²) < 4.78 is 36.5. The highest BCUT2D eigenvalue weighted by Crippen LogP contribution is 2.49. The molecule has 1 aliphatic rings. The third-order valence-corrected chi connectivity index (χ3v) is 5.80. The van der Waals surface area contributed by atoms with E-state index in [1.54, 1.807) is 18.2 Å². The zero-order valence-corrected chi connectivity index (χ0v) is 15.1. The number of rotatable bonds is 5. The van der Waals surface area contributed by atoms with Crippen LogP contribution in [0.2, 0.25) is 0 Å². The van der Waals surface area contributed by atoms with Crippen LogP contribution in [0.4, 0.5) is 4.39 Å². The average Bonchev–Trinajstić information content (AvgIpc) is 3.02. The SMILES string of the molecule is CS(=O)(=O)c1ccc(C2=C(c3ccc(F)cc3)CC(CO)(CO)C2)cn1. The van der Waals surface area contributed by atoms with Crippen LogP contribution in [0.3, 0.4) is 0 Å². The molecule has 26 heavy (non-hydrogen) atoms. The monoisotopic (exact) mass is 377 g/mol. The Labute approximate surface area is 151 Å². The van der Waals surface area contributed by atoms with E-state index in [2.05, 4.69) is 4.98 Å². The van der Waals surface area contributed by atoms with Crippen LogP contribution in [0.15, 0.2) is 47.6 Å². The van der Waals surface area contributed by atoms with Crippen LogP contribution in [0, 0.1) is 11.2 Å². The minimum Gasteiger partial charge on any atom is -0.396 e. The predicted molar refractivity (Wildman–Crippen MR) is 96.4 cm³/mol. The zero-order valence-electron chi connectivity index (χ0n) is 14.3. The van der Waals surface area contributed by atoms with E-state index in [0.717, 1.165) is 28.5 Å². The molecule has 138 valence electrons. The van der Waals surface area contributed by atoms with E-state index in [1.807, 2.05) is 0 Å². The average molecular weight is 377 g/mol. The largest absolute Gasteiger partial charge is 0.396 e. The van der Waals surface area contributed by atoms with Gasteiger partial charge in [-0.15, -0.1) is 0 Å². The lowest BCUT2D eigenvalue weighted by molar-refractivity contribution is 0.0677. The summed E-state index contributed by atoms with van der Waals surface area (Å²) in [7, 11) is -3.39. The number of aromatic nitrogens is 1. The van der Waals surface area contributed by atoms with Gasteiger partial charge in [0, 0.05) is 17.9 Å². The molecule has 5 nitrogen and oxygen atoms in total. The van der Waals surface area contributed by atoms with Crippen LogP contribution in [0.5, 0.6) is 0 Å². The second kappa shape index (κ2) is 6.90. The quantitative estimate of drug-likeness (QED) is 0.835. The zero-order chi connectivity index (χ0) is 18.9. The van der Waals surface area contributed by atoms with Crippen molar-refractivity contribution in [2.75, 3.05) is 19.5 Å². The minimum atomic E-state index is -3.39. The highest BCUT2D eigenvalue weighted by molar-refractivity contribution is 7.90. The summed E-state index contributed by atoms with van der Waals surface area (Å²) in [4.78, 5) is 4.03. The summed E-state index contributed by atoms with van der Waals surface area (Å²) in [6, 6.07) is 9.16. The van der Waals surface area contributed by atoms with Crippen molar-refractivity contribution in [1.82, 2.24) is 4.98 Å². The second-order valence-electron chi connectivity index (χ2n) is 6.79. The van der Waals surface area contributed by atoms with Crippen molar-refractivity contribution in [3.63, 3.8) is 0 Å². The Bertz CT molecular complexity index is 931. The van der Waals surface area contributed by atoms with Gasteiger partial charge in [0.1, 0.15) is 5.82 Å². The maximum Gasteiger partial charge on any atom is 0.192 e. The number of aliphatic hydroxyl groups is 2. The van der Waals surface area contributed by atoms with Gasteiger partial charge in [-0.05, 0) is 53.3 Å². The van der Waals surface area contributed by atoms with E-state index in [-0.39, 0.29) is 24.1 Å². The number of hydrogen-bond donors (Lipinski definition) is 2. The molecule has 3 rings (SSSR count). The lowest BCUT2D eigenvalue weighted by atomic mass is 9.84. The Morgan fingerprint density at radius 3 is 2.00 bits per heavy atom. The first kappa shape index (κ1) is 18.7. The summed E-state index contributed by atoms with van der Waals surface area (Å²) in [5.74, 6) is -0.344. The van der Waals surface area contributed by atoms with Gasteiger partial charge in [-0.1, -0.05) is 18.2 Å². The van der Waals surface area contributed by atoms with Crippen LogP contribution >= 0.6 is 0 Å². The predicted octanol–water partition coefficient (Wildman–Crippen LogP) is 2.30. The van der Waals surface area contributed by atoms with E-state index >= 15 is 0 Å². The molecule has 0 radical (unpaired) electrons. The fraction of sp³-hybridized carbons (Fsp3) is 0.316. The Hall–Kier alpha value is -2.09. The maximum absolute atomic E-state index is 13.3. The molecule has 1 aromatic heterocycles. The Morgan fingerprint density at radius 2 is 1.54 bits per heavy atom. The minimum absolute atomic E-state index is 0.0150. The number of allylic oxidation sites excluding steroid dienone is 2. The fourth-order valence-corrected chi connectivity index (χ4v) is 3.84. The van der Waals surface area contributed by atoms with E-state index in [0.29, 0.717) is 12.8 Å². The lowest BCUT2D eigenvalue weighted by Crippen LogP contribution is -2.27. The molecule has 0 bridgehead atoms. The molecule has 1 aliphatic carbocycles. The molecule has 1 aromatic carbocycles. The number of aliphatic hydroxyl groups excluding tert-OH is 2. The van der Waals surface area contributed by atoms with Gasteiger partial charge in [0.05, 0.1) is 13.2 Å². The van der Waals surface area contributed by atoms with Crippen LogP contribution in [-0.2, 0) is 9.84 Å². The molecule has 2 N–H and O–H groups in total. The fourth-order valence-electron chi connectivity index (χ4n) is 3.28. The Kier molecular flexibility index (Phi) is 4.96. The second-order valence-corrected chi connectivity index (χ2v) is 8.75. The van der Waals surface area contributed by atoms with Crippen LogP contribution in [0.25, 0.3) is 11.1 Å². The smallest absolute Gasteiger partial charge is 0.192 e. The molecule has 1 heterocycles. The van der Waals surface area contributed by atoms with Crippen LogP contribution in [-0.4, -0.2) is 43.1 Å². The highest BCUT2D eigenvalue weighted by atomic mass is 32.2. The summed E-state index contributed by atoms with van der Waals surface area (Å²) in [5.41, 5.74) is 2.58. The molecule has 0 amide bonds. The van der Waals surface area contributed by atoms with E-state index < -0.39 is 15.3 Å². The number of nitrogens with zero attached hydrogens (tertiary/aromatic N) is 1. The maximum atomic E-state index is 13.3. The van der Waals surface area contributed by atoms with Gasteiger partial charge < -0.3 is 10.2 Å². The Morgan fingerprint density at radius 1 is 1.00 bits per heavy atom. The summed E-state index contributed by atoms with van der Waals surface area (Å²) in [5, 5.41) is 19.6. The molecule has 0 aliphatic heterocycles. The Balaban J connectivity index is 2.09. The first-order chi connectivity index (χ1) is 12.3. The van der Waals surface area contributed by atoms with Crippen molar-refractivity contribution in [2.45, 2.75) is 17.9 Å². The van der Waals surface area contributed by atoms with Crippen molar-refractivity contribution in [1.29, 1.82) is 0 Å². The molecular formula is C19H20FNO4S. The highest BCUT2D eigenvalue weighted by Gasteiger charge is 2.39. The van der Waals surface area contributed by atoms with Gasteiger partial charge in [0.25, 0.3) is 0 Å². The van der Waals surface area contributed by atoms with E-state index in [4.69, 9.17) is 0 Å². The van der Waals surface area contributed by atoms with Gasteiger partial charge in [-0.25, -0.2) is 17.8 Å². The first-order valence-corrected chi connectivity index (χ1v) is 10.0. The molecular weight excluding hydrogens is 357 g/mol. The number of halogens is 1. The normalized spacial score (nSPS) is 16.9. The molecule has 0 unspecified atom stereocenters. The van der Waals surface area contributed by atoms with Crippen LogP contribution < -0.4 is 0 Å². The van der Waals surface area contributed by atoms with Crippen molar-refractivity contribution in [3.8, 4) is 0 Å². The van der Waals surface area contributed by atoms with Crippen LogP contribution in [0.1, 0.15) is 24.0 Å². The number of sulfone groups is 1. The van der Waals surface area contributed by atoms with Gasteiger partial charge in [-0.3, -0.25) is 0 Å². The molecule has 0 fully saturated rings. The van der Waals surface area contributed by atoms with E-state index in [1.165, 1.54) is 24.4 Å². The standard InChI is InChI=1S/C19H20FNO4S/c1-26(24,25)18-7-4-14(10-21-18)17-9-19(11-22,12-23)8-16(17)13-2-5-15(20)6-3-13/h2-7,10,22-23H,8-9,11-12H2,1H3. The van der Waals surface area contributed by atoms with E-state index in [9.17, 15) is 23.0 Å². The molecule has 0 saturated heterocycles. The summed E-state index contributed by atoms with van der Waals surface area (Å²) in [6.07, 6.45) is 3.44.